The number of hydrogen-bond donors (Lipinski definition) is 1. The van der Waals surface area contributed by atoms with Gasteiger partial charge in [-0.3, -0.25) is 4.98 Å². The Labute approximate surface area is 112 Å². The standard InChI is InChI=1S/C13H13N2O3S/c1-19(17,18)15(12-5-3-2-4-6-12)13-7-11(10-16)8-14-9-13/h3-9,16H,10H2,1H3. The van der Waals surface area contributed by atoms with E-state index < -0.39 is 10.0 Å². The van der Waals surface area contributed by atoms with Crippen molar-refractivity contribution in [2.24, 2.45) is 0 Å². The Morgan fingerprint density at radius 1 is 1.26 bits per heavy atom. The SMILES string of the molecule is CS(=O)(=O)N(c1cc[c]cc1)c1cncc(CO)c1. The lowest BCUT2D eigenvalue weighted by atomic mass is 10.2. The molecular formula is C13H13N2O3S. The van der Waals surface area contributed by atoms with Gasteiger partial charge in [-0.25, -0.2) is 12.7 Å². The van der Waals surface area contributed by atoms with Crippen molar-refractivity contribution in [3.8, 4) is 0 Å². The molecule has 0 saturated carbocycles. The molecule has 0 bridgehead atoms. The molecule has 0 saturated heterocycles. The predicted octanol–water partition coefficient (Wildman–Crippen LogP) is 1.47. The van der Waals surface area contributed by atoms with Gasteiger partial charge in [-0.15, -0.1) is 0 Å². The maximum Gasteiger partial charge on any atom is 0.236 e. The second-order valence-electron chi connectivity index (χ2n) is 4.00. The van der Waals surface area contributed by atoms with Crippen LogP contribution in [0.5, 0.6) is 0 Å². The van der Waals surface area contributed by atoms with Gasteiger partial charge in [0.15, 0.2) is 0 Å². The van der Waals surface area contributed by atoms with Crippen LogP contribution in [0.15, 0.2) is 42.7 Å². The fourth-order valence-electron chi connectivity index (χ4n) is 1.72. The molecule has 0 fully saturated rings. The van der Waals surface area contributed by atoms with Crippen LogP contribution in [0.25, 0.3) is 0 Å². The molecule has 1 N–H and O–H groups in total. The minimum absolute atomic E-state index is 0.193. The third kappa shape index (κ3) is 3.10. The summed E-state index contributed by atoms with van der Waals surface area (Å²) in [6.07, 6.45) is 4.05. The minimum atomic E-state index is -3.50. The summed E-state index contributed by atoms with van der Waals surface area (Å²) in [5.41, 5.74) is 1.44. The first-order chi connectivity index (χ1) is 9.02. The number of aliphatic hydroxyl groups excluding tert-OH is 1. The van der Waals surface area contributed by atoms with Crippen LogP contribution in [0.1, 0.15) is 5.56 Å². The molecule has 0 aliphatic heterocycles. The molecule has 0 aliphatic rings. The van der Waals surface area contributed by atoms with E-state index in [1.165, 1.54) is 16.7 Å². The summed E-state index contributed by atoms with van der Waals surface area (Å²) in [4.78, 5) is 3.94. The average molecular weight is 277 g/mol. The summed E-state index contributed by atoms with van der Waals surface area (Å²) >= 11 is 0. The average Bonchev–Trinajstić information content (AvgIpc) is 2.39. The number of pyridine rings is 1. The Morgan fingerprint density at radius 3 is 2.53 bits per heavy atom. The zero-order valence-corrected chi connectivity index (χ0v) is 11.1. The molecule has 99 valence electrons. The quantitative estimate of drug-likeness (QED) is 0.918. The van der Waals surface area contributed by atoms with Gasteiger partial charge >= 0.3 is 0 Å². The Morgan fingerprint density at radius 2 is 1.95 bits per heavy atom. The third-order valence-electron chi connectivity index (χ3n) is 2.46. The Bertz CT molecular complexity index is 657. The highest BCUT2D eigenvalue weighted by Gasteiger charge is 2.19. The van der Waals surface area contributed by atoms with Gasteiger partial charge in [-0.2, -0.15) is 0 Å². The van der Waals surface area contributed by atoms with E-state index in [1.807, 2.05) is 0 Å². The lowest BCUT2D eigenvalue weighted by Gasteiger charge is -2.22. The first-order valence-corrected chi connectivity index (χ1v) is 7.38. The number of rotatable bonds is 4. The largest absolute Gasteiger partial charge is 0.392 e. The van der Waals surface area contributed by atoms with Gasteiger partial charge in [0.2, 0.25) is 10.0 Å². The number of aliphatic hydroxyl groups is 1. The van der Waals surface area contributed by atoms with Crippen LogP contribution in [0.3, 0.4) is 0 Å². The van der Waals surface area contributed by atoms with E-state index in [0.717, 1.165) is 6.26 Å². The molecule has 19 heavy (non-hydrogen) atoms. The molecule has 0 amide bonds. The molecule has 0 spiro atoms. The van der Waals surface area contributed by atoms with E-state index >= 15 is 0 Å². The van der Waals surface area contributed by atoms with E-state index in [-0.39, 0.29) is 6.61 Å². The molecule has 1 aromatic carbocycles. The zero-order valence-electron chi connectivity index (χ0n) is 10.3. The summed E-state index contributed by atoms with van der Waals surface area (Å²) < 4.78 is 25.1. The Kier molecular flexibility index (Phi) is 3.82. The number of sulfonamides is 1. The number of anilines is 2. The smallest absolute Gasteiger partial charge is 0.236 e. The molecule has 2 aromatic rings. The second-order valence-corrected chi connectivity index (χ2v) is 5.83. The van der Waals surface area contributed by atoms with Crippen molar-refractivity contribution >= 4 is 21.4 Å². The minimum Gasteiger partial charge on any atom is -0.392 e. The first-order valence-electron chi connectivity index (χ1n) is 5.53. The van der Waals surface area contributed by atoms with E-state index in [4.69, 9.17) is 5.11 Å². The molecular weight excluding hydrogens is 264 g/mol. The van der Waals surface area contributed by atoms with Crippen LogP contribution in [0.4, 0.5) is 11.4 Å². The van der Waals surface area contributed by atoms with Crippen molar-refractivity contribution in [1.29, 1.82) is 0 Å². The Hall–Kier alpha value is -1.92. The summed E-state index contributed by atoms with van der Waals surface area (Å²) in [5, 5.41) is 9.10. The summed E-state index contributed by atoms with van der Waals surface area (Å²) in [5.74, 6) is 0. The van der Waals surface area contributed by atoms with Gasteiger partial charge < -0.3 is 5.11 Å². The van der Waals surface area contributed by atoms with Gasteiger partial charge in [0.25, 0.3) is 0 Å². The van der Waals surface area contributed by atoms with E-state index in [0.29, 0.717) is 16.9 Å². The molecule has 1 heterocycles. The van der Waals surface area contributed by atoms with Crippen LogP contribution in [-0.2, 0) is 16.6 Å². The van der Waals surface area contributed by atoms with Gasteiger partial charge in [0.05, 0.1) is 30.4 Å². The Balaban J connectivity index is 2.56. The zero-order chi connectivity index (χ0) is 13.9. The molecule has 0 aliphatic carbocycles. The molecule has 6 heteroatoms. The van der Waals surface area contributed by atoms with Gasteiger partial charge in [0.1, 0.15) is 0 Å². The lowest BCUT2D eigenvalue weighted by molar-refractivity contribution is 0.281. The van der Waals surface area contributed by atoms with E-state index in [9.17, 15) is 8.42 Å². The predicted molar refractivity (Wildman–Crippen MR) is 72.4 cm³/mol. The molecule has 0 unspecified atom stereocenters. The van der Waals surface area contributed by atoms with Crippen molar-refractivity contribution in [1.82, 2.24) is 4.98 Å². The van der Waals surface area contributed by atoms with Crippen molar-refractivity contribution in [2.75, 3.05) is 10.6 Å². The highest BCUT2D eigenvalue weighted by Crippen LogP contribution is 2.27. The van der Waals surface area contributed by atoms with Gasteiger partial charge in [0, 0.05) is 6.20 Å². The second kappa shape index (κ2) is 5.38. The fourth-order valence-corrected chi connectivity index (χ4v) is 2.70. The number of benzene rings is 1. The van der Waals surface area contributed by atoms with Crippen LogP contribution in [0.2, 0.25) is 0 Å². The highest BCUT2D eigenvalue weighted by atomic mass is 32.2. The van der Waals surface area contributed by atoms with Crippen LogP contribution in [0, 0.1) is 6.07 Å². The van der Waals surface area contributed by atoms with Crippen molar-refractivity contribution in [2.45, 2.75) is 6.61 Å². The molecule has 1 radical (unpaired) electrons. The third-order valence-corrected chi connectivity index (χ3v) is 3.55. The normalized spacial score (nSPS) is 11.3. The molecule has 5 nitrogen and oxygen atoms in total. The maximum atomic E-state index is 12.0. The van der Waals surface area contributed by atoms with Crippen LogP contribution in [-0.4, -0.2) is 24.8 Å². The number of aromatic nitrogens is 1. The van der Waals surface area contributed by atoms with Crippen LogP contribution >= 0.6 is 0 Å². The first kappa shape index (κ1) is 13.5. The highest BCUT2D eigenvalue weighted by molar-refractivity contribution is 7.92. The van der Waals surface area contributed by atoms with Crippen molar-refractivity contribution in [3.63, 3.8) is 0 Å². The topological polar surface area (TPSA) is 70.5 Å². The molecule has 0 atom stereocenters. The summed E-state index contributed by atoms with van der Waals surface area (Å²) in [6.45, 7) is -0.193. The monoisotopic (exact) mass is 277 g/mol. The van der Waals surface area contributed by atoms with E-state index in [2.05, 4.69) is 11.1 Å². The number of hydrogen-bond acceptors (Lipinski definition) is 4. The van der Waals surface area contributed by atoms with Gasteiger partial charge in [-0.05, 0) is 29.8 Å². The lowest BCUT2D eigenvalue weighted by Crippen LogP contribution is -2.24. The fraction of sp³-hybridized carbons (Fsp3) is 0.154. The molecule has 2 rings (SSSR count). The maximum absolute atomic E-state index is 12.0. The van der Waals surface area contributed by atoms with Gasteiger partial charge in [-0.1, -0.05) is 12.1 Å². The van der Waals surface area contributed by atoms with Crippen molar-refractivity contribution in [3.05, 3.63) is 54.4 Å². The number of nitrogens with zero attached hydrogens (tertiary/aromatic N) is 2. The van der Waals surface area contributed by atoms with Crippen molar-refractivity contribution < 1.29 is 13.5 Å². The molecule has 1 aromatic heterocycles. The summed E-state index contributed by atoms with van der Waals surface area (Å²) in [6, 6.07) is 11.0. The summed E-state index contributed by atoms with van der Waals surface area (Å²) in [7, 11) is -3.50. The van der Waals surface area contributed by atoms with Crippen LogP contribution < -0.4 is 4.31 Å². The van der Waals surface area contributed by atoms with E-state index in [1.54, 1.807) is 30.3 Å².